The van der Waals surface area contributed by atoms with E-state index in [0.717, 1.165) is 22.9 Å². The highest BCUT2D eigenvalue weighted by molar-refractivity contribution is 5.93. The van der Waals surface area contributed by atoms with Crippen LogP contribution in [0, 0.1) is 5.92 Å². The van der Waals surface area contributed by atoms with Gasteiger partial charge in [0.15, 0.2) is 11.5 Å². The zero-order chi connectivity index (χ0) is 16.9. The summed E-state index contributed by atoms with van der Waals surface area (Å²) in [7, 11) is 0. The number of rotatable bonds is 5. The maximum Gasteiger partial charge on any atom is 0.269 e. The van der Waals surface area contributed by atoms with E-state index in [4.69, 9.17) is 9.47 Å². The van der Waals surface area contributed by atoms with Crippen LogP contribution in [0.25, 0.3) is 0 Å². The lowest BCUT2D eigenvalue weighted by Gasteiger charge is -2.19. The van der Waals surface area contributed by atoms with Gasteiger partial charge >= 0.3 is 0 Å². The molecule has 2 heterocycles. The standard InChI is InChI=1S/C18H21N3O3/c1-12(2)11-20-18(22)15-9-14(5-6-19-15)21-13-3-4-16-17(10-13)24-8-7-23-16/h3-6,9-10,12H,7-8,11H2,1-2H3,(H,19,21)(H,20,22). The molecule has 2 N–H and O–H groups in total. The van der Waals surface area contributed by atoms with Crippen LogP contribution in [-0.2, 0) is 0 Å². The zero-order valence-electron chi connectivity index (χ0n) is 13.8. The van der Waals surface area contributed by atoms with E-state index in [1.165, 1.54) is 0 Å². The molecule has 0 bridgehead atoms. The number of nitrogens with one attached hydrogen (secondary N) is 2. The normalized spacial score (nSPS) is 12.8. The van der Waals surface area contributed by atoms with E-state index in [2.05, 4.69) is 15.6 Å². The maximum absolute atomic E-state index is 12.1. The highest BCUT2D eigenvalue weighted by Crippen LogP contribution is 2.33. The molecule has 0 fully saturated rings. The molecule has 0 saturated carbocycles. The lowest BCUT2D eigenvalue weighted by molar-refractivity contribution is 0.0944. The minimum Gasteiger partial charge on any atom is -0.486 e. The second-order valence-corrected chi connectivity index (χ2v) is 6.02. The summed E-state index contributed by atoms with van der Waals surface area (Å²) in [5, 5.41) is 6.12. The van der Waals surface area contributed by atoms with E-state index in [0.29, 0.717) is 31.4 Å². The van der Waals surface area contributed by atoms with Gasteiger partial charge in [-0.15, -0.1) is 0 Å². The van der Waals surface area contributed by atoms with Crippen molar-refractivity contribution >= 4 is 17.3 Å². The number of aromatic nitrogens is 1. The Morgan fingerprint density at radius 2 is 1.88 bits per heavy atom. The Kier molecular flexibility index (Phi) is 4.84. The lowest BCUT2D eigenvalue weighted by Crippen LogP contribution is -2.28. The summed E-state index contributed by atoms with van der Waals surface area (Å²) in [5.74, 6) is 1.69. The fourth-order valence-electron chi connectivity index (χ4n) is 2.31. The minimum atomic E-state index is -0.172. The third kappa shape index (κ3) is 3.95. The number of fused-ring (bicyclic) bond motifs is 1. The van der Waals surface area contributed by atoms with Crippen LogP contribution >= 0.6 is 0 Å². The van der Waals surface area contributed by atoms with Crippen LogP contribution in [0.15, 0.2) is 36.5 Å². The summed E-state index contributed by atoms with van der Waals surface area (Å²) in [6, 6.07) is 9.21. The Bertz CT molecular complexity index is 731. The van der Waals surface area contributed by atoms with Gasteiger partial charge in [-0.25, -0.2) is 0 Å². The first-order valence-electron chi connectivity index (χ1n) is 8.03. The highest BCUT2D eigenvalue weighted by Gasteiger charge is 2.12. The van der Waals surface area contributed by atoms with E-state index >= 15 is 0 Å². The summed E-state index contributed by atoms with van der Waals surface area (Å²) in [6.07, 6.45) is 1.62. The van der Waals surface area contributed by atoms with Crippen LogP contribution in [0.5, 0.6) is 11.5 Å². The summed E-state index contributed by atoms with van der Waals surface area (Å²) in [5.41, 5.74) is 2.04. The first kappa shape index (κ1) is 16.1. The number of carbonyl (C=O) groups is 1. The molecule has 0 spiro atoms. The molecule has 1 aromatic heterocycles. The van der Waals surface area contributed by atoms with Gasteiger partial charge in [0.05, 0.1) is 0 Å². The molecule has 0 saturated heterocycles. The quantitative estimate of drug-likeness (QED) is 0.883. The zero-order valence-corrected chi connectivity index (χ0v) is 13.8. The fraction of sp³-hybridized carbons (Fsp3) is 0.333. The number of ether oxygens (including phenoxy) is 2. The largest absolute Gasteiger partial charge is 0.486 e. The van der Waals surface area contributed by atoms with Crippen molar-refractivity contribution in [2.75, 3.05) is 25.1 Å². The monoisotopic (exact) mass is 327 g/mol. The summed E-state index contributed by atoms with van der Waals surface area (Å²) in [4.78, 5) is 16.2. The van der Waals surface area contributed by atoms with E-state index in [9.17, 15) is 4.79 Å². The molecular formula is C18H21N3O3. The second-order valence-electron chi connectivity index (χ2n) is 6.02. The predicted molar refractivity (Wildman–Crippen MR) is 92.1 cm³/mol. The molecule has 0 atom stereocenters. The molecule has 0 radical (unpaired) electrons. The first-order chi connectivity index (χ1) is 11.6. The van der Waals surface area contributed by atoms with Crippen molar-refractivity contribution in [3.05, 3.63) is 42.2 Å². The Morgan fingerprint density at radius 1 is 1.12 bits per heavy atom. The highest BCUT2D eigenvalue weighted by atomic mass is 16.6. The minimum absolute atomic E-state index is 0.172. The number of benzene rings is 1. The number of pyridine rings is 1. The van der Waals surface area contributed by atoms with Gasteiger partial charge in [-0.2, -0.15) is 0 Å². The molecule has 6 heteroatoms. The SMILES string of the molecule is CC(C)CNC(=O)c1cc(Nc2ccc3c(c2)OCCO3)ccn1. The average molecular weight is 327 g/mol. The number of amides is 1. The van der Waals surface area contributed by atoms with Gasteiger partial charge < -0.3 is 20.1 Å². The van der Waals surface area contributed by atoms with Crippen molar-refractivity contribution in [3.63, 3.8) is 0 Å². The number of hydrogen-bond donors (Lipinski definition) is 2. The molecule has 24 heavy (non-hydrogen) atoms. The van der Waals surface area contributed by atoms with Crippen molar-refractivity contribution in [2.24, 2.45) is 5.92 Å². The van der Waals surface area contributed by atoms with Crippen molar-refractivity contribution in [2.45, 2.75) is 13.8 Å². The van der Waals surface area contributed by atoms with Crippen LogP contribution in [0.2, 0.25) is 0 Å². The number of anilines is 2. The van der Waals surface area contributed by atoms with Gasteiger partial charge in [-0.1, -0.05) is 13.8 Å². The molecule has 3 rings (SSSR count). The third-order valence-corrected chi connectivity index (χ3v) is 3.49. The molecule has 1 aromatic carbocycles. The van der Waals surface area contributed by atoms with Crippen LogP contribution in [0.3, 0.4) is 0 Å². The molecule has 126 valence electrons. The topological polar surface area (TPSA) is 72.5 Å². The molecule has 2 aromatic rings. The fourth-order valence-corrected chi connectivity index (χ4v) is 2.31. The Morgan fingerprint density at radius 3 is 2.67 bits per heavy atom. The lowest BCUT2D eigenvalue weighted by atomic mass is 10.2. The Hall–Kier alpha value is -2.76. The molecule has 1 aliphatic heterocycles. The molecule has 1 aliphatic rings. The van der Waals surface area contributed by atoms with Gasteiger partial charge in [-0.3, -0.25) is 9.78 Å². The smallest absolute Gasteiger partial charge is 0.269 e. The molecule has 6 nitrogen and oxygen atoms in total. The number of carbonyl (C=O) groups excluding carboxylic acids is 1. The van der Waals surface area contributed by atoms with Crippen LogP contribution in [0.1, 0.15) is 24.3 Å². The van der Waals surface area contributed by atoms with Gasteiger partial charge in [0.1, 0.15) is 18.9 Å². The van der Waals surface area contributed by atoms with E-state index in [-0.39, 0.29) is 5.91 Å². The van der Waals surface area contributed by atoms with Crippen molar-refractivity contribution < 1.29 is 14.3 Å². The van der Waals surface area contributed by atoms with Crippen LogP contribution in [-0.4, -0.2) is 30.6 Å². The summed E-state index contributed by atoms with van der Waals surface area (Å²) in [6.45, 7) is 5.84. The van der Waals surface area contributed by atoms with E-state index in [1.807, 2.05) is 38.1 Å². The summed E-state index contributed by atoms with van der Waals surface area (Å²) >= 11 is 0. The van der Waals surface area contributed by atoms with Crippen molar-refractivity contribution in [3.8, 4) is 11.5 Å². The van der Waals surface area contributed by atoms with Gasteiger partial charge in [0, 0.05) is 30.2 Å². The summed E-state index contributed by atoms with van der Waals surface area (Å²) < 4.78 is 11.1. The third-order valence-electron chi connectivity index (χ3n) is 3.49. The molecule has 1 amide bonds. The van der Waals surface area contributed by atoms with Crippen LogP contribution < -0.4 is 20.1 Å². The number of hydrogen-bond acceptors (Lipinski definition) is 5. The first-order valence-corrected chi connectivity index (χ1v) is 8.03. The second kappa shape index (κ2) is 7.21. The van der Waals surface area contributed by atoms with Gasteiger partial charge in [0.2, 0.25) is 0 Å². The molecule has 0 unspecified atom stereocenters. The molecular weight excluding hydrogens is 306 g/mol. The number of nitrogens with zero attached hydrogens (tertiary/aromatic N) is 1. The van der Waals surface area contributed by atoms with Crippen molar-refractivity contribution in [1.29, 1.82) is 0 Å². The van der Waals surface area contributed by atoms with Gasteiger partial charge in [0.25, 0.3) is 5.91 Å². The van der Waals surface area contributed by atoms with Gasteiger partial charge in [-0.05, 0) is 30.2 Å². The Labute approximate surface area is 141 Å². The Balaban J connectivity index is 1.71. The van der Waals surface area contributed by atoms with E-state index in [1.54, 1.807) is 12.3 Å². The van der Waals surface area contributed by atoms with Crippen molar-refractivity contribution in [1.82, 2.24) is 10.3 Å². The average Bonchev–Trinajstić information content (AvgIpc) is 2.60. The maximum atomic E-state index is 12.1. The van der Waals surface area contributed by atoms with Crippen LogP contribution in [0.4, 0.5) is 11.4 Å². The predicted octanol–water partition coefficient (Wildman–Crippen LogP) is 2.98. The van der Waals surface area contributed by atoms with E-state index < -0.39 is 0 Å². The molecule has 0 aliphatic carbocycles.